The van der Waals surface area contributed by atoms with Gasteiger partial charge in [-0.1, -0.05) is 18.2 Å². The Bertz CT molecular complexity index is 971. The zero-order valence-electron chi connectivity index (χ0n) is 16.7. The summed E-state index contributed by atoms with van der Waals surface area (Å²) in [5.74, 6) is 2.15. The summed E-state index contributed by atoms with van der Waals surface area (Å²) in [6.45, 7) is 2.54. The highest BCUT2D eigenvalue weighted by Crippen LogP contribution is 2.35. The first kappa shape index (κ1) is 20.7. The molecule has 3 rings (SSSR count). The number of methoxy groups -OCH3 is 2. The summed E-state index contributed by atoms with van der Waals surface area (Å²) in [6, 6.07) is 13.3. The Labute approximate surface area is 174 Å². The average molecular weight is 413 g/mol. The number of nitrogens with zero attached hydrogens (tertiary/aromatic N) is 1. The molecule has 2 aromatic carbocycles. The molecule has 0 bridgehead atoms. The number of amides is 1. The molecule has 0 aliphatic rings. The van der Waals surface area contributed by atoms with Crippen LogP contribution >= 0.6 is 11.3 Å². The van der Waals surface area contributed by atoms with E-state index in [9.17, 15) is 4.79 Å². The van der Waals surface area contributed by atoms with Gasteiger partial charge in [0.05, 0.1) is 26.5 Å². The summed E-state index contributed by atoms with van der Waals surface area (Å²) in [6.07, 6.45) is 0.950. The summed E-state index contributed by atoms with van der Waals surface area (Å²) in [7, 11) is 3.22. The molecule has 0 fully saturated rings. The van der Waals surface area contributed by atoms with Crippen molar-refractivity contribution in [3.8, 4) is 28.5 Å². The molecule has 0 spiro atoms. The lowest BCUT2D eigenvalue weighted by Crippen LogP contribution is -2.12. The van der Waals surface area contributed by atoms with E-state index in [0.29, 0.717) is 36.1 Å². The van der Waals surface area contributed by atoms with Gasteiger partial charge in [0, 0.05) is 17.4 Å². The number of para-hydroxylation sites is 1. The lowest BCUT2D eigenvalue weighted by atomic mass is 10.1. The van der Waals surface area contributed by atoms with Crippen LogP contribution < -0.4 is 19.5 Å². The summed E-state index contributed by atoms with van der Waals surface area (Å²) in [5, 5.41) is 5.31. The van der Waals surface area contributed by atoms with E-state index in [1.807, 2.05) is 54.8 Å². The minimum atomic E-state index is -0.0881. The van der Waals surface area contributed by atoms with E-state index in [2.05, 4.69) is 10.3 Å². The van der Waals surface area contributed by atoms with Crippen LogP contribution in [0.2, 0.25) is 0 Å². The van der Waals surface area contributed by atoms with E-state index < -0.39 is 0 Å². The smallest absolute Gasteiger partial charge is 0.226 e. The first-order chi connectivity index (χ1) is 14.1. The highest BCUT2D eigenvalue weighted by molar-refractivity contribution is 7.14. The number of nitrogens with one attached hydrogen (secondary N) is 1. The van der Waals surface area contributed by atoms with Gasteiger partial charge >= 0.3 is 0 Å². The Kier molecular flexibility index (Phi) is 7.08. The van der Waals surface area contributed by atoms with Gasteiger partial charge in [-0.3, -0.25) is 4.79 Å². The molecule has 1 heterocycles. The highest BCUT2D eigenvalue weighted by atomic mass is 32.1. The van der Waals surface area contributed by atoms with E-state index in [1.54, 1.807) is 14.2 Å². The van der Waals surface area contributed by atoms with Gasteiger partial charge in [-0.2, -0.15) is 0 Å². The molecule has 152 valence electrons. The molecule has 6 nitrogen and oxygen atoms in total. The lowest BCUT2D eigenvalue weighted by molar-refractivity contribution is -0.116. The maximum absolute atomic E-state index is 12.4. The predicted molar refractivity (Wildman–Crippen MR) is 115 cm³/mol. The minimum Gasteiger partial charge on any atom is -0.497 e. The van der Waals surface area contributed by atoms with Gasteiger partial charge in [-0.15, -0.1) is 11.3 Å². The first-order valence-corrected chi connectivity index (χ1v) is 10.2. The van der Waals surface area contributed by atoms with Crippen LogP contribution in [0.3, 0.4) is 0 Å². The fourth-order valence-corrected chi connectivity index (χ4v) is 3.63. The second-order valence-corrected chi connectivity index (χ2v) is 7.05. The number of hydrogen-bond acceptors (Lipinski definition) is 6. The van der Waals surface area contributed by atoms with Crippen molar-refractivity contribution in [2.45, 2.75) is 19.8 Å². The summed E-state index contributed by atoms with van der Waals surface area (Å²) >= 11 is 1.37. The summed E-state index contributed by atoms with van der Waals surface area (Å²) < 4.78 is 16.3. The molecule has 0 aliphatic heterocycles. The van der Waals surface area contributed by atoms with Crippen LogP contribution in [0.4, 0.5) is 5.13 Å². The Morgan fingerprint density at radius 1 is 1.10 bits per heavy atom. The van der Waals surface area contributed by atoms with Crippen LogP contribution in [-0.2, 0) is 11.2 Å². The maximum Gasteiger partial charge on any atom is 0.226 e. The van der Waals surface area contributed by atoms with E-state index in [1.165, 1.54) is 11.3 Å². The molecule has 7 heteroatoms. The van der Waals surface area contributed by atoms with E-state index in [-0.39, 0.29) is 5.91 Å². The molecule has 0 atom stereocenters. The van der Waals surface area contributed by atoms with Crippen LogP contribution in [0.15, 0.2) is 47.8 Å². The van der Waals surface area contributed by atoms with Gasteiger partial charge in [0.15, 0.2) is 5.13 Å². The third-order valence-corrected chi connectivity index (χ3v) is 5.08. The molecule has 0 radical (unpaired) electrons. The number of carbonyl (C=O) groups is 1. The van der Waals surface area contributed by atoms with Crippen molar-refractivity contribution in [2.24, 2.45) is 0 Å². The Hall–Kier alpha value is -3.06. The fourth-order valence-electron chi connectivity index (χ4n) is 2.91. The van der Waals surface area contributed by atoms with Crippen molar-refractivity contribution < 1.29 is 19.0 Å². The van der Waals surface area contributed by atoms with Crippen molar-refractivity contribution in [1.29, 1.82) is 0 Å². The second-order valence-electron chi connectivity index (χ2n) is 6.19. The molecular weight excluding hydrogens is 388 g/mol. The third-order valence-electron chi connectivity index (χ3n) is 4.33. The van der Waals surface area contributed by atoms with Gasteiger partial charge < -0.3 is 19.5 Å². The van der Waals surface area contributed by atoms with Crippen LogP contribution in [0.5, 0.6) is 17.2 Å². The van der Waals surface area contributed by atoms with E-state index in [4.69, 9.17) is 14.2 Å². The molecule has 0 unspecified atom stereocenters. The van der Waals surface area contributed by atoms with Crippen molar-refractivity contribution in [3.63, 3.8) is 0 Å². The number of rotatable bonds is 9. The molecule has 0 saturated heterocycles. The van der Waals surface area contributed by atoms with Gasteiger partial charge in [0.25, 0.3) is 0 Å². The van der Waals surface area contributed by atoms with Crippen LogP contribution in [-0.4, -0.2) is 31.7 Å². The van der Waals surface area contributed by atoms with Gasteiger partial charge in [0.1, 0.15) is 17.2 Å². The van der Waals surface area contributed by atoms with Crippen molar-refractivity contribution in [1.82, 2.24) is 4.98 Å². The number of anilines is 1. The zero-order valence-corrected chi connectivity index (χ0v) is 17.5. The number of aromatic nitrogens is 1. The van der Waals surface area contributed by atoms with Gasteiger partial charge in [-0.05, 0) is 43.2 Å². The standard InChI is InChI=1S/C22H24N2O4S/c1-4-28-19-8-6-5-7-15(19)9-12-21(25)24-22-23-18(14-29-22)17-13-16(26-2)10-11-20(17)27-3/h5-8,10-11,13-14H,4,9,12H2,1-3H3,(H,23,24,25). The van der Waals surface area contributed by atoms with Gasteiger partial charge in [-0.25, -0.2) is 4.98 Å². The number of aryl methyl sites for hydroxylation is 1. The third kappa shape index (κ3) is 5.26. The molecule has 1 N–H and O–H groups in total. The summed E-state index contributed by atoms with van der Waals surface area (Å²) in [4.78, 5) is 16.9. The normalized spacial score (nSPS) is 10.4. The van der Waals surface area contributed by atoms with Crippen LogP contribution in [0.25, 0.3) is 11.3 Å². The average Bonchev–Trinajstić information content (AvgIpc) is 3.21. The van der Waals surface area contributed by atoms with E-state index >= 15 is 0 Å². The predicted octanol–water partition coefficient (Wildman–Crippen LogP) is 4.80. The molecule has 1 amide bonds. The van der Waals surface area contributed by atoms with E-state index in [0.717, 1.165) is 22.6 Å². The molecule has 3 aromatic rings. The van der Waals surface area contributed by atoms with Gasteiger partial charge in [0.2, 0.25) is 5.91 Å². The topological polar surface area (TPSA) is 69.7 Å². The second kappa shape index (κ2) is 9.93. The molecule has 29 heavy (non-hydrogen) atoms. The molecule has 1 aromatic heterocycles. The maximum atomic E-state index is 12.4. The Morgan fingerprint density at radius 2 is 1.93 bits per heavy atom. The summed E-state index contributed by atoms with van der Waals surface area (Å²) in [5.41, 5.74) is 2.56. The first-order valence-electron chi connectivity index (χ1n) is 9.33. The molecule has 0 aliphatic carbocycles. The monoisotopic (exact) mass is 412 g/mol. The van der Waals surface area contributed by atoms with Crippen molar-refractivity contribution in [2.75, 3.05) is 26.1 Å². The number of hydrogen-bond donors (Lipinski definition) is 1. The Morgan fingerprint density at radius 3 is 2.69 bits per heavy atom. The lowest BCUT2D eigenvalue weighted by Gasteiger charge is -2.09. The molecule has 0 saturated carbocycles. The largest absolute Gasteiger partial charge is 0.497 e. The van der Waals surface area contributed by atoms with Crippen molar-refractivity contribution >= 4 is 22.4 Å². The van der Waals surface area contributed by atoms with Crippen LogP contribution in [0.1, 0.15) is 18.9 Å². The zero-order chi connectivity index (χ0) is 20.6. The SMILES string of the molecule is CCOc1ccccc1CCC(=O)Nc1nc(-c2cc(OC)ccc2OC)cs1. The number of thiazole rings is 1. The fraction of sp³-hybridized carbons (Fsp3) is 0.273. The molecular formula is C22H24N2O4S. The highest BCUT2D eigenvalue weighted by Gasteiger charge is 2.13. The van der Waals surface area contributed by atoms with Crippen LogP contribution in [0, 0.1) is 0 Å². The number of carbonyl (C=O) groups excluding carboxylic acids is 1. The van der Waals surface area contributed by atoms with Crippen molar-refractivity contribution in [3.05, 3.63) is 53.4 Å². The number of benzene rings is 2. The minimum absolute atomic E-state index is 0.0881. The number of ether oxygens (including phenoxy) is 3. The Balaban J connectivity index is 1.65. The quantitative estimate of drug-likeness (QED) is 0.547.